The second-order valence-corrected chi connectivity index (χ2v) is 6.71. The van der Waals surface area contributed by atoms with Crippen molar-refractivity contribution >= 4 is 5.91 Å². The van der Waals surface area contributed by atoms with Gasteiger partial charge in [-0.2, -0.15) is 0 Å². The standard InChI is InChI=1S/C18H27NO5/c1-18(2,3)19(17(20)16-12-23-8-9-24-16)11-13-10-14(21-4)6-7-15(13)22-5/h6-7,10,16H,8-9,11-12H2,1-5H3/t16-/m1/s1. The maximum Gasteiger partial charge on any atom is 0.254 e. The number of carbonyl (C=O) groups is 1. The van der Waals surface area contributed by atoms with Crippen LogP contribution in [0.2, 0.25) is 0 Å². The lowest BCUT2D eigenvalue weighted by Gasteiger charge is -2.39. The minimum Gasteiger partial charge on any atom is -0.497 e. The zero-order chi connectivity index (χ0) is 17.7. The van der Waals surface area contributed by atoms with Gasteiger partial charge in [-0.1, -0.05) is 0 Å². The number of carbonyl (C=O) groups excluding carboxylic acids is 1. The molecule has 0 saturated carbocycles. The summed E-state index contributed by atoms with van der Waals surface area (Å²) < 4.78 is 21.7. The normalized spacial score (nSPS) is 18.1. The van der Waals surface area contributed by atoms with E-state index >= 15 is 0 Å². The molecule has 0 spiro atoms. The first-order valence-corrected chi connectivity index (χ1v) is 8.08. The van der Waals surface area contributed by atoms with E-state index in [-0.39, 0.29) is 11.4 Å². The lowest BCUT2D eigenvalue weighted by atomic mass is 10.0. The van der Waals surface area contributed by atoms with Crippen molar-refractivity contribution in [2.75, 3.05) is 34.0 Å². The average molecular weight is 337 g/mol. The maximum atomic E-state index is 13.0. The van der Waals surface area contributed by atoms with Crippen LogP contribution < -0.4 is 9.47 Å². The van der Waals surface area contributed by atoms with Crippen molar-refractivity contribution in [2.24, 2.45) is 0 Å². The van der Waals surface area contributed by atoms with Crippen molar-refractivity contribution in [3.63, 3.8) is 0 Å². The van der Waals surface area contributed by atoms with Crippen LogP contribution in [0.1, 0.15) is 26.3 Å². The summed E-state index contributed by atoms with van der Waals surface area (Å²) in [5, 5.41) is 0. The van der Waals surface area contributed by atoms with Gasteiger partial charge in [-0.3, -0.25) is 4.79 Å². The first-order chi connectivity index (χ1) is 11.4. The average Bonchev–Trinajstić information content (AvgIpc) is 2.58. The topological polar surface area (TPSA) is 57.2 Å². The second-order valence-electron chi connectivity index (χ2n) is 6.71. The van der Waals surface area contributed by atoms with Gasteiger partial charge in [0.05, 0.1) is 40.6 Å². The highest BCUT2D eigenvalue weighted by Crippen LogP contribution is 2.28. The molecule has 1 amide bonds. The molecule has 1 heterocycles. The van der Waals surface area contributed by atoms with Gasteiger partial charge in [-0.05, 0) is 39.0 Å². The third-order valence-electron chi connectivity index (χ3n) is 3.98. The Morgan fingerprint density at radius 3 is 2.54 bits per heavy atom. The maximum absolute atomic E-state index is 13.0. The molecule has 134 valence electrons. The monoisotopic (exact) mass is 337 g/mol. The Labute approximate surface area is 143 Å². The molecular weight excluding hydrogens is 310 g/mol. The van der Waals surface area contributed by atoms with Crippen LogP contribution in [0.15, 0.2) is 18.2 Å². The molecule has 24 heavy (non-hydrogen) atoms. The molecule has 1 atom stereocenters. The van der Waals surface area contributed by atoms with Crippen LogP contribution in [0, 0.1) is 0 Å². The fourth-order valence-corrected chi connectivity index (χ4v) is 2.63. The van der Waals surface area contributed by atoms with Crippen LogP contribution in [-0.2, 0) is 20.8 Å². The molecule has 0 aliphatic carbocycles. The molecule has 1 aliphatic heterocycles. The molecule has 1 aliphatic rings. The van der Waals surface area contributed by atoms with Crippen molar-refractivity contribution in [1.82, 2.24) is 4.90 Å². The van der Waals surface area contributed by atoms with E-state index in [9.17, 15) is 4.79 Å². The molecule has 0 aromatic heterocycles. The van der Waals surface area contributed by atoms with Crippen LogP contribution in [0.5, 0.6) is 11.5 Å². The number of rotatable bonds is 5. The zero-order valence-corrected chi connectivity index (χ0v) is 15.1. The number of benzene rings is 1. The Bertz CT molecular complexity index is 561. The van der Waals surface area contributed by atoms with Crippen LogP contribution in [0.3, 0.4) is 0 Å². The summed E-state index contributed by atoms with van der Waals surface area (Å²) in [5.41, 5.74) is 0.517. The molecule has 2 rings (SSSR count). The first kappa shape index (κ1) is 18.5. The summed E-state index contributed by atoms with van der Waals surface area (Å²) in [4.78, 5) is 14.7. The van der Waals surface area contributed by atoms with E-state index in [2.05, 4.69) is 0 Å². The molecule has 1 aromatic carbocycles. The van der Waals surface area contributed by atoms with Crippen molar-refractivity contribution < 1.29 is 23.7 Å². The second kappa shape index (κ2) is 7.85. The third-order valence-corrected chi connectivity index (χ3v) is 3.98. The Kier molecular flexibility index (Phi) is 6.07. The number of hydrogen-bond acceptors (Lipinski definition) is 5. The van der Waals surface area contributed by atoms with Crippen molar-refractivity contribution in [1.29, 1.82) is 0 Å². The largest absolute Gasteiger partial charge is 0.497 e. The number of nitrogens with zero attached hydrogens (tertiary/aromatic N) is 1. The molecule has 0 radical (unpaired) electrons. The summed E-state index contributed by atoms with van der Waals surface area (Å²) >= 11 is 0. The highest BCUT2D eigenvalue weighted by atomic mass is 16.6. The quantitative estimate of drug-likeness (QED) is 0.825. The highest BCUT2D eigenvalue weighted by Gasteiger charge is 2.34. The number of ether oxygens (including phenoxy) is 4. The van der Waals surface area contributed by atoms with Gasteiger partial charge in [0.1, 0.15) is 11.5 Å². The van der Waals surface area contributed by atoms with E-state index in [1.54, 1.807) is 19.1 Å². The number of amides is 1. The van der Waals surface area contributed by atoms with Gasteiger partial charge in [0.2, 0.25) is 0 Å². The fraction of sp³-hybridized carbons (Fsp3) is 0.611. The van der Waals surface area contributed by atoms with Crippen molar-refractivity contribution in [3.05, 3.63) is 23.8 Å². The summed E-state index contributed by atoms with van der Waals surface area (Å²) in [6.07, 6.45) is -0.561. The van der Waals surface area contributed by atoms with E-state index in [4.69, 9.17) is 18.9 Å². The Balaban J connectivity index is 2.27. The number of methoxy groups -OCH3 is 2. The number of hydrogen-bond donors (Lipinski definition) is 0. The predicted octanol–water partition coefficient (Wildman–Crippen LogP) is 2.25. The zero-order valence-electron chi connectivity index (χ0n) is 15.1. The first-order valence-electron chi connectivity index (χ1n) is 8.08. The van der Waals surface area contributed by atoms with Gasteiger partial charge >= 0.3 is 0 Å². The lowest BCUT2D eigenvalue weighted by Crippen LogP contribution is -2.52. The summed E-state index contributed by atoms with van der Waals surface area (Å²) in [6, 6.07) is 5.58. The van der Waals surface area contributed by atoms with Crippen LogP contribution in [0.4, 0.5) is 0 Å². The lowest BCUT2D eigenvalue weighted by molar-refractivity contribution is -0.163. The molecule has 6 heteroatoms. The molecule has 1 fully saturated rings. The van der Waals surface area contributed by atoms with Gasteiger partial charge in [0, 0.05) is 11.1 Å². The smallest absolute Gasteiger partial charge is 0.254 e. The van der Waals surface area contributed by atoms with Crippen LogP contribution in [0.25, 0.3) is 0 Å². The molecule has 0 N–H and O–H groups in total. The molecule has 1 aromatic rings. The van der Waals surface area contributed by atoms with E-state index in [0.29, 0.717) is 26.4 Å². The van der Waals surface area contributed by atoms with Gasteiger partial charge in [0.15, 0.2) is 6.10 Å². The Hall–Kier alpha value is -1.79. The molecule has 0 unspecified atom stereocenters. The van der Waals surface area contributed by atoms with E-state index in [0.717, 1.165) is 17.1 Å². The van der Waals surface area contributed by atoms with Gasteiger partial charge in [0.25, 0.3) is 5.91 Å². The SMILES string of the molecule is COc1ccc(OC)c(CN(C(=O)[C@H]2COCCO2)C(C)(C)C)c1. The Morgan fingerprint density at radius 2 is 2.00 bits per heavy atom. The molecule has 0 bridgehead atoms. The van der Waals surface area contributed by atoms with E-state index in [1.165, 1.54) is 0 Å². The van der Waals surface area contributed by atoms with Gasteiger partial charge in [-0.25, -0.2) is 0 Å². The van der Waals surface area contributed by atoms with Gasteiger partial charge in [-0.15, -0.1) is 0 Å². The predicted molar refractivity (Wildman–Crippen MR) is 90.4 cm³/mol. The molecule has 1 saturated heterocycles. The fourth-order valence-electron chi connectivity index (χ4n) is 2.63. The van der Waals surface area contributed by atoms with Crippen molar-refractivity contribution in [3.8, 4) is 11.5 Å². The molecule has 6 nitrogen and oxygen atoms in total. The molecular formula is C18H27NO5. The van der Waals surface area contributed by atoms with E-state index < -0.39 is 6.10 Å². The van der Waals surface area contributed by atoms with Gasteiger partial charge < -0.3 is 23.8 Å². The highest BCUT2D eigenvalue weighted by molar-refractivity contribution is 5.82. The summed E-state index contributed by atoms with van der Waals surface area (Å²) in [6.45, 7) is 7.67. The van der Waals surface area contributed by atoms with Crippen LogP contribution in [-0.4, -0.2) is 56.5 Å². The minimum absolute atomic E-state index is 0.0768. The van der Waals surface area contributed by atoms with E-state index in [1.807, 2.05) is 39.0 Å². The minimum atomic E-state index is -0.561. The van der Waals surface area contributed by atoms with Crippen molar-refractivity contribution in [2.45, 2.75) is 39.0 Å². The summed E-state index contributed by atoms with van der Waals surface area (Å²) in [5.74, 6) is 1.37. The van der Waals surface area contributed by atoms with Crippen LogP contribution >= 0.6 is 0 Å². The third kappa shape index (κ3) is 4.39. The Morgan fingerprint density at radius 1 is 1.25 bits per heavy atom. The summed E-state index contributed by atoms with van der Waals surface area (Å²) in [7, 11) is 3.23.